The van der Waals surface area contributed by atoms with Gasteiger partial charge in [0.25, 0.3) is 5.91 Å². The minimum Gasteiger partial charge on any atom is -0.336 e. The molecule has 1 aromatic carbocycles. The van der Waals surface area contributed by atoms with E-state index in [1.807, 2.05) is 24.3 Å². The molecule has 0 radical (unpaired) electrons. The number of nitrogens with zero attached hydrogens (tertiary/aromatic N) is 1. The van der Waals surface area contributed by atoms with Crippen molar-refractivity contribution in [3.8, 4) is 0 Å². The van der Waals surface area contributed by atoms with Gasteiger partial charge in [-0.2, -0.15) is 0 Å². The minimum absolute atomic E-state index is 0.150. The summed E-state index contributed by atoms with van der Waals surface area (Å²) in [5, 5.41) is 0. The topological polar surface area (TPSA) is 37.4 Å². The van der Waals surface area contributed by atoms with E-state index < -0.39 is 10.8 Å². The fourth-order valence-corrected chi connectivity index (χ4v) is 4.63. The van der Waals surface area contributed by atoms with Gasteiger partial charge in [-0.3, -0.25) is 9.00 Å². The predicted molar refractivity (Wildman–Crippen MR) is 94.0 cm³/mol. The maximum atomic E-state index is 12.8. The number of carbonyl (C=O) groups excluding carboxylic acids is 1. The lowest BCUT2D eigenvalue weighted by Gasteiger charge is -2.30. The SMILES string of the molecule is C[S@@](=O)c1ccc(C(=O)N2CCC[C@@H]2CC2CCCCC2)cc1. The lowest BCUT2D eigenvalue weighted by atomic mass is 9.84. The van der Waals surface area contributed by atoms with Crippen LogP contribution in [-0.2, 0) is 10.8 Å². The molecule has 1 aromatic rings. The van der Waals surface area contributed by atoms with Gasteiger partial charge in [0.05, 0.1) is 0 Å². The largest absolute Gasteiger partial charge is 0.336 e. The van der Waals surface area contributed by atoms with E-state index >= 15 is 0 Å². The zero-order valence-electron chi connectivity index (χ0n) is 14.0. The Morgan fingerprint density at radius 1 is 1.09 bits per heavy atom. The van der Waals surface area contributed by atoms with Crippen LogP contribution in [0, 0.1) is 5.92 Å². The van der Waals surface area contributed by atoms with Crippen LogP contribution in [0.4, 0.5) is 0 Å². The quantitative estimate of drug-likeness (QED) is 0.835. The Hall–Kier alpha value is -1.16. The summed E-state index contributed by atoms with van der Waals surface area (Å²) in [6, 6.07) is 7.71. The minimum atomic E-state index is -0.989. The molecule has 1 saturated carbocycles. The summed E-state index contributed by atoms with van der Waals surface area (Å²) in [5.74, 6) is 0.962. The monoisotopic (exact) mass is 333 g/mol. The van der Waals surface area contributed by atoms with Crippen molar-refractivity contribution >= 4 is 16.7 Å². The second-order valence-electron chi connectivity index (χ2n) is 7.01. The van der Waals surface area contributed by atoms with E-state index in [-0.39, 0.29) is 5.91 Å². The smallest absolute Gasteiger partial charge is 0.254 e. The van der Waals surface area contributed by atoms with Crippen LogP contribution in [0.5, 0.6) is 0 Å². The van der Waals surface area contributed by atoms with E-state index in [1.165, 1.54) is 38.5 Å². The predicted octanol–water partition coefficient (Wildman–Crippen LogP) is 4.00. The molecule has 0 unspecified atom stereocenters. The summed E-state index contributed by atoms with van der Waals surface area (Å²) in [6.07, 6.45) is 11.9. The summed E-state index contributed by atoms with van der Waals surface area (Å²) in [4.78, 5) is 15.7. The van der Waals surface area contributed by atoms with Crippen LogP contribution in [0.25, 0.3) is 0 Å². The highest BCUT2D eigenvalue weighted by Gasteiger charge is 2.31. The number of benzene rings is 1. The third-order valence-corrected chi connectivity index (χ3v) is 6.34. The molecule has 1 saturated heterocycles. The molecule has 1 amide bonds. The number of likely N-dealkylation sites (tertiary alicyclic amines) is 1. The van der Waals surface area contributed by atoms with Crippen molar-refractivity contribution < 1.29 is 9.00 Å². The van der Waals surface area contributed by atoms with Gasteiger partial charge in [0.2, 0.25) is 0 Å². The molecule has 1 aliphatic heterocycles. The standard InChI is InChI=1S/C19H27NO2S/c1-23(22)18-11-9-16(10-12-18)19(21)20-13-5-8-17(20)14-15-6-3-2-4-7-15/h9-12,15,17H,2-8,13-14H2,1H3/t17-,23-/m1/s1. The molecule has 23 heavy (non-hydrogen) atoms. The summed E-state index contributed by atoms with van der Waals surface area (Å²) < 4.78 is 11.5. The molecule has 2 aliphatic rings. The highest BCUT2D eigenvalue weighted by molar-refractivity contribution is 7.84. The first kappa shape index (κ1) is 16.7. The molecule has 0 spiro atoms. The average Bonchev–Trinajstić information content (AvgIpc) is 3.03. The van der Waals surface area contributed by atoms with Crippen LogP contribution in [-0.4, -0.2) is 33.9 Å². The lowest BCUT2D eigenvalue weighted by Crippen LogP contribution is -2.37. The molecule has 4 heteroatoms. The maximum absolute atomic E-state index is 12.8. The Kier molecular flexibility index (Phi) is 5.52. The molecule has 2 fully saturated rings. The summed E-state index contributed by atoms with van der Waals surface area (Å²) in [7, 11) is -0.989. The van der Waals surface area contributed by atoms with Crippen LogP contribution < -0.4 is 0 Å². The number of carbonyl (C=O) groups is 1. The Morgan fingerprint density at radius 3 is 2.43 bits per heavy atom. The van der Waals surface area contributed by atoms with E-state index in [9.17, 15) is 9.00 Å². The van der Waals surface area contributed by atoms with Crippen LogP contribution in [0.15, 0.2) is 29.2 Å². The van der Waals surface area contributed by atoms with Crippen molar-refractivity contribution in [1.29, 1.82) is 0 Å². The van der Waals surface area contributed by atoms with Crippen molar-refractivity contribution in [1.82, 2.24) is 4.90 Å². The molecule has 3 nitrogen and oxygen atoms in total. The summed E-state index contributed by atoms with van der Waals surface area (Å²) in [6.45, 7) is 0.887. The molecule has 0 bridgehead atoms. The van der Waals surface area contributed by atoms with Gasteiger partial charge in [-0.1, -0.05) is 32.1 Å². The molecule has 0 aromatic heterocycles. The van der Waals surface area contributed by atoms with Crippen molar-refractivity contribution in [3.63, 3.8) is 0 Å². The van der Waals surface area contributed by atoms with Gasteiger partial charge in [-0.25, -0.2) is 0 Å². The Labute approximate surface area is 141 Å². The van der Waals surface area contributed by atoms with Crippen LogP contribution in [0.1, 0.15) is 61.7 Å². The molecule has 0 N–H and O–H groups in total. The average molecular weight is 333 g/mol. The molecule has 1 heterocycles. The fraction of sp³-hybridized carbons (Fsp3) is 0.632. The maximum Gasteiger partial charge on any atom is 0.254 e. The molecule has 126 valence electrons. The third kappa shape index (κ3) is 4.03. The van der Waals surface area contributed by atoms with Crippen molar-refractivity contribution in [2.75, 3.05) is 12.8 Å². The van der Waals surface area contributed by atoms with Gasteiger partial charge < -0.3 is 4.90 Å². The zero-order valence-corrected chi connectivity index (χ0v) is 14.8. The van der Waals surface area contributed by atoms with Gasteiger partial charge in [-0.05, 0) is 49.4 Å². The highest BCUT2D eigenvalue weighted by atomic mass is 32.2. The normalized spacial score (nSPS) is 23.9. The number of hydrogen-bond acceptors (Lipinski definition) is 2. The Bertz CT molecular complexity index is 563. The van der Waals surface area contributed by atoms with Crippen molar-refractivity contribution in [3.05, 3.63) is 29.8 Å². The van der Waals surface area contributed by atoms with Gasteiger partial charge >= 0.3 is 0 Å². The molecule has 2 atom stereocenters. The second-order valence-corrected chi connectivity index (χ2v) is 8.39. The number of hydrogen-bond donors (Lipinski definition) is 0. The Morgan fingerprint density at radius 2 is 1.78 bits per heavy atom. The molecular weight excluding hydrogens is 306 g/mol. The van der Waals surface area contributed by atoms with Gasteiger partial charge in [0, 0.05) is 40.1 Å². The lowest BCUT2D eigenvalue weighted by molar-refractivity contribution is 0.0711. The first-order valence-electron chi connectivity index (χ1n) is 8.89. The van der Waals surface area contributed by atoms with E-state index in [0.29, 0.717) is 6.04 Å². The van der Waals surface area contributed by atoms with Crippen LogP contribution >= 0.6 is 0 Å². The van der Waals surface area contributed by atoms with Crippen LogP contribution in [0.3, 0.4) is 0 Å². The Balaban J connectivity index is 1.66. The zero-order chi connectivity index (χ0) is 16.2. The third-order valence-electron chi connectivity index (χ3n) is 5.40. The van der Waals surface area contributed by atoms with E-state index in [1.54, 1.807) is 6.26 Å². The summed E-state index contributed by atoms with van der Waals surface area (Å²) in [5.41, 5.74) is 0.731. The van der Waals surface area contributed by atoms with Crippen LogP contribution in [0.2, 0.25) is 0 Å². The van der Waals surface area contributed by atoms with E-state index in [2.05, 4.69) is 4.90 Å². The number of amides is 1. The first-order valence-corrected chi connectivity index (χ1v) is 10.5. The van der Waals surface area contributed by atoms with Gasteiger partial charge in [0.15, 0.2) is 0 Å². The van der Waals surface area contributed by atoms with Crippen molar-refractivity contribution in [2.24, 2.45) is 5.92 Å². The molecule has 3 rings (SSSR count). The number of rotatable bonds is 4. The van der Waals surface area contributed by atoms with Gasteiger partial charge in [-0.15, -0.1) is 0 Å². The van der Waals surface area contributed by atoms with Crippen molar-refractivity contribution in [2.45, 2.75) is 62.3 Å². The second kappa shape index (κ2) is 7.61. The van der Waals surface area contributed by atoms with E-state index in [0.717, 1.165) is 35.8 Å². The van der Waals surface area contributed by atoms with E-state index in [4.69, 9.17) is 0 Å². The summed E-state index contributed by atoms with van der Waals surface area (Å²) >= 11 is 0. The molecule has 1 aliphatic carbocycles. The highest BCUT2D eigenvalue weighted by Crippen LogP contribution is 2.32. The van der Waals surface area contributed by atoms with Gasteiger partial charge in [0.1, 0.15) is 0 Å². The molecular formula is C19H27NO2S. The fourth-order valence-electron chi connectivity index (χ4n) is 4.11. The first-order chi connectivity index (χ1) is 11.1.